The van der Waals surface area contributed by atoms with Crippen LogP contribution < -0.4 is 16.4 Å². The number of nitrogens with one attached hydrogen (secondary N) is 2. The van der Waals surface area contributed by atoms with E-state index in [2.05, 4.69) is 10.6 Å². The fourth-order valence-electron chi connectivity index (χ4n) is 2.06. The lowest BCUT2D eigenvalue weighted by molar-refractivity contribution is -0.121. The van der Waals surface area contributed by atoms with Crippen LogP contribution in [0.3, 0.4) is 0 Å². The number of amides is 1. The van der Waals surface area contributed by atoms with Crippen molar-refractivity contribution >= 4 is 5.91 Å². The summed E-state index contributed by atoms with van der Waals surface area (Å²) in [5.41, 5.74) is 6.06. The molecule has 124 valence electrons. The topological polar surface area (TPSA) is 108 Å². The normalized spacial score (nSPS) is 10.6. The fraction of sp³-hybridized carbons (Fsp3) is 0.562. The van der Waals surface area contributed by atoms with Crippen LogP contribution in [0, 0.1) is 0 Å². The van der Waals surface area contributed by atoms with E-state index in [1.807, 2.05) is 0 Å². The molecule has 0 saturated heterocycles. The number of nitrogens with two attached hydrogens (primary N) is 1. The predicted molar refractivity (Wildman–Crippen MR) is 86.9 cm³/mol. The highest BCUT2D eigenvalue weighted by Gasteiger charge is 2.06. The molecule has 1 amide bonds. The van der Waals surface area contributed by atoms with E-state index in [-0.39, 0.29) is 17.4 Å². The van der Waals surface area contributed by atoms with Gasteiger partial charge in [0.1, 0.15) is 11.5 Å². The molecule has 0 aliphatic carbocycles. The number of aromatic hydroxyl groups is 2. The second-order valence-electron chi connectivity index (χ2n) is 5.26. The molecule has 22 heavy (non-hydrogen) atoms. The Bertz CT molecular complexity index is 452. The number of hydrogen-bond acceptors (Lipinski definition) is 5. The summed E-state index contributed by atoms with van der Waals surface area (Å²) < 4.78 is 0. The van der Waals surface area contributed by atoms with Crippen LogP contribution in [0.4, 0.5) is 0 Å². The number of phenolic OH excluding ortho intramolecular Hbond substituents is 2. The van der Waals surface area contributed by atoms with Gasteiger partial charge in [0.2, 0.25) is 5.91 Å². The van der Waals surface area contributed by atoms with Gasteiger partial charge in [-0.3, -0.25) is 4.79 Å². The van der Waals surface area contributed by atoms with Crippen LogP contribution in [0.25, 0.3) is 0 Å². The second kappa shape index (κ2) is 10.9. The summed E-state index contributed by atoms with van der Waals surface area (Å²) >= 11 is 0. The number of hydrogen-bond donors (Lipinski definition) is 5. The molecule has 1 rings (SSSR count). The summed E-state index contributed by atoms with van der Waals surface area (Å²) in [5.74, 6) is 0.0192. The Morgan fingerprint density at radius 2 is 1.82 bits per heavy atom. The van der Waals surface area contributed by atoms with Crippen molar-refractivity contribution in [3.8, 4) is 11.5 Å². The van der Waals surface area contributed by atoms with Gasteiger partial charge in [-0.05, 0) is 56.9 Å². The Balaban J connectivity index is 2.06. The number of phenols is 2. The summed E-state index contributed by atoms with van der Waals surface area (Å²) in [6, 6.07) is 4.42. The molecule has 0 aromatic heterocycles. The van der Waals surface area contributed by atoms with E-state index in [9.17, 15) is 15.0 Å². The molecular formula is C16H27N3O3. The lowest BCUT2D eigenvalue weighted by Gasteiger charge is -2.07. The summed E-state index contributed by atoms with van der Waals surface area (Å²) in [5, 5.41) is 25.0. The third-order valence-corrected chi connectivity index (χ3v) is 3.35. The van der Waals surface area contributed by atoms with E-state index in [1.165, 1.54) is 12.1 Å². The SMILES string of the molecule is NCCCNCCCCNC(=O)CCc1ccc(O)cc1O. The summed E-state index contributed by atoms with van der Waals surface area (Å²) in [6.45, 7) is 3.26. The Hall–Kier alpha value is -1.79. The molecule has 0 radical (unpaired) electrons. The molecular weight excluding hydrogens is 282 g/mol. The van der Waals surface area contributed by atoms with Crippen LogP contribution in [0.1, 0.15) is 31.2 Å². The fourth-order valence-corrected chi connectivity index (χ4v) is 2.06. The van der Waals surface area contributed by atoms with Crippen LogP contribution in [-0.2, 0) is 11.2 Å². The number of carbonyl (C=O) groups excluding carboxylic acids is 1. The third-order valence-electron chi connectivity index (χ3n) is 3.35. The van der Waals surface area contributed by atoms with Gasteiger partial charge >= 0.3 is 0 Å². The van der Waals surface area contributed by atoms with Gasteiger partial charge in [0, 0.05) is 19.0 Å². The lowest BCUT2D eigenvalue weighted by Crippen LogP contribution is -2.26. The molecule has 0 atom stereocenters. The van der Waals surface area contributed by atoms with Crippen LogP contribution in [0.2, 0.25) is 0 Å². The third kappa shape index (κ3) is 7.85. The van der Waals surface area contributed by atoms with Crippen LogP contribution >= 0.6 is 0 Å². The van der Waals surface area contributed by atoms with Crippen LogP contribution in [0.5, 0.6) is 11.5 Å². The molecule has 6 heteroatoms. The van der Waals surface area contributed by atoms with Gasteiger partial charge in [-0.15, -0.1) is 0 Å². The van der Waals surface area contributed by atoms with Crippen molar-refractivity contribution in [3.05, 3.63) is 23.8 Å². The first-order valence-electron chi connectivity index (χ1n) is 7.82. The zero-order valence-corrected chi connectivity index (χ0v) is 13.0. The van der Waals surface area contributed by atoms with Crippen LogP contribution in [-0.4, -0.2) is 42.3 Å². The van der Waals surface area contributed by atoms with E-state index < -0.39 is 0 Å². The maximum atomic E-state index is 11.7. The van der Waals surface area contributed by atoms with E-state index in [1.54, 1.807) is 6.07 Å². The molecule has 6 N–H and O–H groups in total. The standard InChI is InChI=1S/C16H27N3O3/c17-8-3-10-18-9-1-2-11-19-16(22)7-5-13-4-6-14(20)12-15(13)21/h4,6,12,18,20-21H,1-3,5,7-11,17H2,(H,19,22). The molecule has 0 heterocycles. The van der Waals surface area contributed by atoms with Crippen LogP contribution in [0.15, 0.2) is 18.2 Å². The molecule has 0 fully saturated rings. The molecule has 0 spiro atoms. The average Bonchev–Trinajstić information content (AvgIpc) is 2.49. The van der Waals surface area contributed by atoms with Gasteiger partial charge in [-0.1, -0.05) is 6.07 Å². The van der Waals surface area contributed by atoms with Gasteiger partial charge in [0.25, 0.3) is 0 Å². The molecule has 0 saturated carbocycles. The molecule has 0 aliphatic heterocycles. The first-order chi connectivity index (χ1) is 10.6. The van der Waals surface area contributed by atoms with E-state index in [4.69, 9.17) is 5.73 Å². The van der Waals surface area contributed by atoms with Gasteiger partial charge in [-0.25, -0.2) is 0 Å². The quantitative estimate of drug-likeness (QED) is 0.390. The number of unbranched alkanes of at least 4 members (excludes halogenated alkanes) is 1. The smallest absolute Gasteiger partial charge is 0.220 e. The van der Waals surface area contributed by atoms with E-state index in [0.29, 0.717) is 31.5 Å². The number of carbonyl (C=O) groups is 1. The van der Waals surface area contributed by atoms with Crippen molar-refractivity contribution in [2.24, 2.45) is 5.73 Å². The minimum Gasteiger partial charge on any atom is -0.508 e. The molecule has 0 aliphatic rings. The van der Waals surface area contributed by atoms with E-state index in [0.717, 1.165) is 32.4 Å². The largest absolute Gasteiger partial charge is 0.508 e. The zero-order valence-electron chi connectivity index (χ0n) is 13.0. The first-order valence-corrected chi connectivity index (χ1v) is 7.82. The number of benzene rings is 1. The Labute approximate surface area is 131 Å². The van der Waals surface area contributed by atoms with E-state index >= 15 is 0 Å². The van der Waals surface area contributed by atoms with Gasteiger partial charge in [-0.2, -0.15) is 0 Å². The highest BCUT2D eigenvalue weighted by Crippen LogP contribution is 2.23. The van der Waals surface area contributed by atoms with Crippen molar-refractivity contribution in [2.75, 3.05) is 26.2 Å². The monoisotopic (exact) mass is 309 g/mol. The molecule has 6 nitrogen and oxygen atoms in total. The second-order valence-corrected chi connectivity index (χ2v) is 5.26. The highest BCUT2D eigenvalue weighted by molar-refractivity contribution is 5.76. The van der Waals surface area contributed by atoms with Crippen molar-refractivity contribution in [2.45, 2.75) is 32.1 Å². The maximum Gasteiger partial charge on any atom is 0.220 e. The Morgan fingerprint density at radius 1 is 1.09 bits per heavy atom. The average molecular weight is 309 g/mol. The number of rotatable bonds is 11. The zero-order chi connectivity index (χ0) is 16.2. The Morgan fingerprint density at radius 3 is 2.55 bits per heavy atom. The first kappa shape index (κ1) is 18.3. The molecule has 0 bridgehead atoms. The van der Waals surface area contributed by atoms with Gasteiger partial charge < -0.3 is 26.6 Å². The predicted octanol–water partition coefficient (Wildman–Crippen LogP) is 0.865. The van der Waals surface area contributed by atoms with Gasteiger partial charge in [0.05, 0.1) is 0 Å². The van der Waals surface area contributed by atoms with Gasteiger partial charge in [0.15, 0.2) is 0 Å². The van der Waals surface area contributed by atoms with Crippen molar-refractivity contribution in [1.29, 1.82) is 0 Å². The highest BCUT2D eigenvalue weighted by atomic mass is 16.3. The lowest BCUT2D eigenvalue weighted by atomic mass is 10.1. The summed E-state index contributed by atoms with van der Waals surface area (Å²) in [6.07, 6.45) is 3.72. The summed E-state index contributed by atoms with van der Waals surface area (Å²) in [7, 11) is 0. The summed E-state index contributed by atoms with van der Waals surface area (Å²) in [4.78, 5) is 11.7. The molecule has 1 aromatic rings. The van der Waals surface area contributed by atoms with Crippen molar-refractivity contribution in [3.63, 3.8) is 0 Å². The molecule has 1 aromatic carbocycles. The van der Waals surface area contributed by atoms with Crippen molar-refractivity contribution in [1.82, 2.24) is 10.6 Å². The Kier molecular flexibility index (Phi) is 9.02. The number of aryl methyl sites for hydroxylation is 1. The minimum atomic E-state index is -0.0245. The minimum absolute atomic E-state index is 0.0192. The molecule has 0 unspecified atom stereocenters. The maximum absolute atomic E-state index is 11.7. The van der Waals surface area contributed by atoms with Crippen molar-refractivity contribution < 1.29 is 15.0 Å².